The Morgan fingerprint density at radius 2 is 1.29 bits per heavy atom. The molecule has 0 unspecified atom stereocenters. The molecule has 0 amide bonds. The summed E-state index contributed by atoms with van der Waals surface area (Å²) in [7, 11) is 0. The van der Waals surface area contributed by atoms with Crippen molar-refractivity contribution in [3.63, 3.8) is 0 Å². The Bertz CT molecular complexity index is 277. The summed E-state index contributed by atoms with van der Waals surface area (Å²) in [5, 5.41) is 18.0. The zero-order valence-corrected chi connectivity index (χ0v) is 7.59. The monoisotopic (exact) mass is 196 g/mol. The SMILES string of the molecule is O=C(O)[C@@H]1[C@H](C(=O)O)[C@@H]2C=C[C@H]1CC2. The van der Waals surface area contributed by atoms with Crippen molar-refractivity contribution in [2.75, 3.05) is 0 Å². The van der Waals surface area contributed by atoms with Gasteiger partial charge in [0.15, 0.2) is 0 Å². The van der Waals surface area contributed by atoms with Crippen LogP contribution in [0.5, 0.6) is 0 Å². The van der Waals surface area contributed by atoms with Gasteiger partial charge in [-0.05, 0) is 24.7 Å². The van der Waals surface area contributed by atoms with Gasteiger partial charge in [0, 0.05) is 0 Å². The van der Waals surface area contributed by atoms with Gasteiger partial charge in [0.05, 0.1) is 11.8 Å². The van der Waals surface area contributed by atoms with E-state index in [1.54, 1.807) is 0 Å². The van der Waals surface area contributed by atoms with Gasteiger partial charge < -0.3 is 10.2 Å². The molecule has 2 N–H and O–H groups in total. The number of rotatable bonds is 2. The fraction of sp³-hybridized carbons (Fsp3) is 0.600. The van der Waals surface area contributed by atoms with E-state index >= 15 is 0 Å². The maximum atomic E-state index is 11.0. The second-order valence-corrected chi connectivity index (χ2v) is 4.02. The minimum atomic E-state index is -0.976. The number of carbonyl (C=O) groups is 2. The van der Waals surface area contributed by atoms with Crippen molar-refractivity contribution < 1.29 is 19.8 Å². The van der Waals surface area contributed by atoms with Crippen molar-refractivity contribution >= 4 is 11.9 Å². The number of hydrogen-bond acceptors (Lipinski definition) is 2. The van der Waals surface area contributed by atoms with Crippen molar-refractivity contribution in [1.29, 1.82) is 0 Å². The Morgan fingerprint density at radius 1 is 0.929 bits per heavy atom. The molecule has 0 spiro atoms. The van der Waals surface area contributed by atoms with Crippen LogP contribution in [0.2, 0.25) is 0 Å². The molecule has 0 aromatic carbocycles. The third-order valence-corrected chi connectivity index (χ3v) is 3.32. The Hall–Kier alpha value is -1.32. The normalized spacial score (nSPS) is 39.7. The van der Waals surface area contributed by atoms with E-state index in [1.807, 2.05) is 12.2 Å². The molecule has 4 atom stereocenters. The number of carboxylic acids is 2. The number of hydrogen-bond donors (Lipinski definition) is 2. The lowest BCUT2D eigenvalue weighted by Gasteiger charge is -2.40. The molecule has 0 radical (unpaired) electrons. The molecule has 14 heavy (non-hydrogen) atoms. The summed E-state index contributed by atoms with van der Waals surface area (Å²) in [6.07, 6.45) is 5.35. The van der Waals surface area contributed by atoms with Gasteiger partial charge in [0.2, 0.25) is 0 Å². The average molecular weight is 196 g/mol. The second kappa shape index (κ2) is 3.12. The Labute approximate surface area is 81.2 Å². The van der Waals surface area contributed by atoms with Crippen LogP contribution in [-0.4, -0.2) is 22.2 Å². The predicted octanol–water partition coefficient (Wildman–Crippen LogP) is 0.984. The number of allylic oxidation sites excluding steroid dienone is 2. The van der Waals surface area contributed by atoms with E-state index in [4.69, 9.17) is 10.2 Å². The molecule has 1 fully saturated rings. The summed E-state index contributed by atoms with van der Waals surface area (Å²) in [5.74, 6) is -3.57. The van der Waals surface area contributed by atoms with Crippen molar-refractivity contribution in [1.82, 2.24) is 0 Å². The van der Waals surface area contributed by atoms with E-state index in [0.717, 1.165) is 12.8 Å². The van der Waals surface area contributed by atoms with Gasteiger partial charge in [0.1, 0.15) is 0 Å². The van der Waals surface area contributed by atoms with Crippen LogP contribution in [0.4, 0.5) is 0 Å². The lowest BCUT2D eigenvalue weighted by molar-refractivity contribution is -0.160. The van der Waals surface area contributed by atoms with E-state index in [2.05, 4.69) is 0 Å². The Balaban J connectivity index is 2.33. The highest BCUT2D eigenvalue weighted by Crippen LogP contribution is 2.44. The van der Waals surface area contributed by atoms with E-state index in [0.29, 0.717) is 0 Å². The molecule has 4 heteroatoms. The smallest absolute Gasteiger partial charge is 0.307 e. The molecule has 3 aliphatic carbocycles. The summed E-state index contributed by atoms with van der Waals surface area (Å²) in [5.41, 5.74) is 0. The van der Waals surface area contributed by atoms with Crippen molar-refractivity contribution in [3.8, 4) is 0 Å². The van der Waals surface area contributed by atoms with Crippen LogP contribution < -0.4 is 0 Å². The summed E-state index contributed by atoms with van der Waals surface area (Å²) < 4.78 is 0. The highest BCUT2D eigenvalue weighted by atomic mass is 16.4. The van der Waals surface area contributed by atoms with E-state index < -0.39 is 23.8 Å². The molecule has 1 saturated carbocycles. The Morgan fingerprint density at radius 3 is 1.50 bits per heavy atom. The first-order valence-electron chi connectivity index (χ1n) is 4.75. The maximum absolute atomic E-state index is 11.0. The minimum Gasteiger partial charge on any atom is -0.481 e. The molecular weight excluding hydrogens is 184 g/mol. The van der Waals surface area contributed by atoms with Crippen LogP contribution in [0.25, 0.3) is 0 Å². The first kappa shape index (κ1) is 9.24. The van der Waals surface area contributed by atoms with Gasteiger partial charge in [-0.3, -0.25) is 9.59 Å². The first-order chi connectivity index (χ1) is 6.61. The van der Waals surface area contributed by atoms with Gasteiger partial charge >= 0.3 is 11.9 Å². The molecule has 4 nitrogen and oxygen atoms in total. The van der Waals surface area contributed by atoms with Gasteiger partial charge in [-0.1, -0.05) is 12.2 Å². The predicted molar refractivity (Wildman–Crippen MR) is 47.6 cm³/mol. The molecule has 3 aliphatic rings. The summed E-state index contributed by atoms with van der Waals surface area (Å²) in [6, 6.07) is 0. The molecule has 0 saturated heterocycles. The zero-order chi connectivity index (χ0) is 10.3. The summed E-state index contributed by atoms with van der Waals surface area (Å²) in [6.45, 7) is 0. The van der Waals surface area contributed by atoms with Gasteiger partial charge in [-0.15, -0.1) is 0 Å². The Kier molecular flexibility index (Phi) is 2.06. The standard InChI is InChI=1S/C10H12O4/c11-9(12)7-5-1-2-6(4-3-5)8(7)10(13)14/h1-2,5-8H,3-4H2,(H,11,12)(H,13,14)/t5-,6+,7-,8+. The molecule has 2 bridgehead atoms. The topological polar surface area (TPSA) is 74.6 Å². The second-order valence-electron chi connectivity index (χ2n) is 4.02. The van der Waals surface area contributed by atoms with Gasteiger partial charge in [0.25, 0.3) is 0 Å². The molecular formula is C10H12O4. The van der Waals surface area contributed by atoms with Crippen LogP contribution in [0.1, 0.15) is 12.8 Å². The van der Waals surface area contributed by atoms with Crippen LogP contribution in [0.15, 0.2) is 12.2 Å². The quantitative estimate of drug-likeness (QED) is 0.646. The molecule has 0 aromatic rings. The number of carboxylic acid groups (broad SMARTS) is 2. The van der Waals surface area contributed by atoms with E-state index in [-0.39, 0.29) is 11.8 Å². The number of fused-ring (bicyclic) bond motifs is 2. The average Bonchev–Trinajstić information content (AvgIpc) is 2.17. The maximum Gasteiger partial charge on any atom is 0.307 e. The van der Waals surface area contributed by atoms with Crippen LogP contribution in [0, 0.1) is 23.7 Å². The highest BCUT2D eigenvalue weighted by Gasteiger charge is 2.48. The zero-order valence-electron chi connectivity index (χ0n) is 7.59. The molecule has 0 aliphatic heterocycles. The first-order valence-corrected chi connectivity index (χ1v) is 4.75. The third-order valence-electron chi connectivity index (χ3n) is 3.32. The molecule has 3 rings (SSSR count). The molecule has 76 valence electrons. The van der Waals surface area contributed by atoms with Crippen LogP contribution in [-0.2, 0) is 9.59 Å². The van der Waals surface area contributed by atoms with Crippen LogP contribution in [0.3, 0.4) is 0 Å². The lowest BCUT2D eigenvalue weighted by Crippen LogP contribution is -2.45. The third kappa shape index (κ3) is 1.22. The summed E-state index contributed by atoms with van der Waals surface area (Å²) >= 11 is 0. The minimum absolute atomic E-state index is 0.0846. The number of aliphatic carboxylic acids is 2. The van der Waals surface area contributed by atoms with E-state index in [9.17, 15) is 9.59 Å². The fourth-order valence-electron chi connectivity index (χ4n) is 2.67. The molecule has 0 heterocycles. The van der Waals surface area contributed by atoms with Gasteiger partial charge in [-0.2, -0.15) is 0 Å². The van der Waals surface area contributed by atoms with Gasteiger partial charge in [-0.25, -0.2) is 0 Å². The summed E-state index contributed by atoms with van der Waals surface area (Å²) in [4.78, 5) is 21.9. The highest BCUT2D eigenvalue weighted by molar-refractivity contribution is 5.81. The van der Waals surface area contributed by atoms with E-state index in [1.165, 1.54) is 0 Å². The largest absolute Gasteiger partial charge is 0.481 e. The van der Waals surface area contributed by atoms with Crippen molar-refractivity contribution in [3.05, 3.63) is 12.2 Å². The fourth-order valence-corrected chi connectivity index (χ4v) is 2.67. The van der Waals surface area contributed by atoms with Crippen molar-refractivity contribution in [2.45, 2.75) is 12.8 Å². The van der Waals surface area contributed by atoms with Crippen LogP contribution >= 0.6 is 0 Å². The molecule has 0 aromatic heterocycles. The lowest BCUT2D eigenvalue weighted by atomic mass is 9.62. The van der Waals surface area contributed by atoms with Crippen molar-refractivity contribution in [2.24, 2.45) is 23.7 Å².